The van der Waals surface area contributed by atoms with Crippen LogP contribution >= 0.6 is 11.6 Å². The third-order valence-corrected chi connectivity index (χ3v) is 6.01. The Balaban J connectivity index is 2.16. The van der Waals surface area contributed by atoms with E-state index in [2.05, 4.69) is 19.1 Å². The first-order valence-electron chi connectivity index (χ1n) is 9.54. The Morgan fingerprint density at radius 3 is 1.93 bits per heavy atom. The van der Waals surface area contributed by atoms with Gasteiger partial charge in [-0.05, 0) is 53.3 Å². The summed E-state index contributed by atoms with van der Waals surface area (Å²) in [4.78, 5) is 26.5. The van der Waals surface area contributed by atoms with Crippen molar-refractivity contribution >= 4 is 23.2 Å². The lowest BCUT2D eigenvalue weighted by Crippen LogP contribution is -2.48. The first-order chi connectivity index (χ1) is 12.6. The molecule has 2 aromatic carbocycles. The monoisotopic (exact) mass is 382 g/mol. The number of hydrogen-bond donors (Lipinski definition) is 0. The smallest absolute Gasteiger partial charge is 0.153 e. The number of Topliss-reactive ketones (excluding diaryl/α,β-unsaturated/α-hetero) is 2. The molecule has 1 saturated carbocycles. The van der Waals surface area contributed by atoms with E-state index in [1.807, 2.05) is 58.0 Å². The van der Waals surface area contributed by atoms with E-state index in [1.54, 1.807) is 0 Å². The minimum absolute atomic E-state index is 0.0368. The van der Waals surface area contributed by atoms with Crippen LogP contribution in [0.4, 0.5) is 0 Å². The number of carbonyl (C=O) groups is 2. The van der Waals surface area contributed by atoms with Crippen LogP contribution in [0, 0.1) is 10.8 Å². The molecule has 142 valence electrons. The molecule has 0 saturated heterocycles. The molecule has 0 bridgehead atoms. The summed E-state index contributed by atoms with van der Waals surface area (Å²) in [7, 11) is 0. The van der Waals surface area contributed by atoms with Gasteiger partial charge in [0.05, 0.1) is 0 Å². The summed E-state index contributed by atoms with van der Waals surface area (Å²) in [6.45, 7) is 9.92. The van der Waals surface area contributed by atoms with Gasteiger partial charge in [0, 0.05) is 15.9 Å². The third-order valence-electron chi connectivity index (χ3n) is 5.76. The second-order valence-corrected chi connectivity index (χ2v) is 9.32. The zero-order valence-electron chi connectivity index (χ0n) is 16.7. The number of carbonyl (C=O) groups excluding carboxylic acids is 2. The topological polar surface area (TPSA) is 34.1 Å². The van der Waals surface area contributed by atoms with Crippen LogP contribution in [-0.2, 0) is 16.0 Å². The van der Waals surface area contributed by atoms with Gasteiger partial charge < -0.3 is 0 Å². The van der Waals surface area contributed by atoms with E-state index in [0.717, 1.165) is 28.7 Å². The highest BCUT2D eigenvalue weighted by atomic mass is 35.5. The highest BCUT2D eigenvalue weighted by molar-refractivity contribution is 6.30. The Labute approximate surface area is 166 Å². The molecule has 2 aromatic rings. The van der Waals surface area contributed by atoms with E-state index in [-0.39, 0.29) is 11.6 Å². The van der Waals surface area contributed by atoms with Gasteiger partial charge in [-0.1, -0.05) is 70.5 Å². The number of ketones is 2. The summed E-state index contributed by atoms with van der Waals surface area (Å²) in [6, 6.07) is 13.8. The molecule has 0 aliphatic heterocycles. The van der Waals surface area contributed by atoms with Gasteiger partial charge in [0.2, 0.25) is 0 Å². The number of hydrogen-bond acceptors (Lipinski definition) is 2. The molecule has 0 N–H and O–H groups in total. The summed E-state index contributed by atoms with van der Waals surface area (Å²) in [5.41, 5.74) is 2.93. The summed E-state index contributed by atoms with van der Waals surface area (Å²) in [5, 5.41) is 0.685. The molecule has 0 spiro atoms. The molecule has 0 heterocycles. The number of rotatable bonds is 3. The molecule has 1 fully saturated rings. The third kappa shape index (κ3) is 3.60. The summed E-state index contributed by atoms with van der Waals surface area (Å²) < 4.78 is 0. The largest absolute Gasteiger partial charge is 0.298 e. The molecule has 2 nitrogen and oxygen atoms in total. The predicted octanol–water partition coefficient (Wildman–Crippen LogP) is 6.25. The molecule has 1 aliphatic carbocycles. The molecular formula is C24H27ClO2. The molecule has 0 amide bonds. The first kappa shape index (κ1) is 19.8. The van der Waals surface area contributed by atoms with Crippen molar-refractivity contribution in [1.82, 2.24) is 0 Å². The highest BCUT2D eigenvalue weighted by Crippen LogP contribution is 2.48. The van der Waals surface area contributed by atoms with Crippen molar-refractivity contribution in [3.05, 3.63) is 58.6 Å². The molecule has 0 radical (unpaired) electrons. The van der Waals surface area contributed by atoms with Crippen LogP contribution in [0.1, 0.15) is 58.1 Å². The molecule has 0 aromatic heterocycles. The summed E-state index contributed by atoms with van der Waals surface area (Å²) >= 11 is 6.01. The van der Waals surface area contributed by atoms with Gasteiger partial charge in [0.15, 0.2) is 11.6 Å². The van der Waals surface area contributed by atoms with Crippen LogP contribution in [-0.4, -0.2) is 11.6 Å². The fraction of sp³-hybridized carbons (Fsp3) is 0.417. The van der Waals surface area contributed by atoms with E-state index >= 15 is 0 Å². The zero-order valence-corrected chi connectivity index (χ0v) is 17.5. The minimum Gasteiger partial charge on any atom is -0.298 e. The average molecular weight is 383 g/mol. The van der Waals surface area contributed by atoms with Crippen LogP contribution in [0.15, 0.2) is 42.5 Å². The van der Waals surface area contributed by atoms with E-state index in [9.17, 15) is 9.59 Å². The lowest BCUT2D eigenvalue weighted by Gasteiger charge is -2.42. The minimum atomic E-state index is -0.689. The molecular weight excluding hydrogens is 356 g/mol. The maximum absolute atomic E-state index is 13.3. The predicted molar refractivity (Wildman–Crippen MR) is 111 cm³/mol. The SMILES string of the molecule is CCc1ccc(-c2ccc(Cl)cc2)cc1C1C(=O)C(C)(C)CC(C)(C)C1=O. The normalized spacial score (nSPS) is 19.3. The maximum Gasteiger partial charge on any atom is 0.153 e. The number of aryl methyl sites for hydroxylation is 1. The van der Waals surface area contributed by atoms with Crippen molar-refractivity contribution in [2.75, 3.05) is 0 Å². The van der Waals surface area contributed by atoms with E-state index in [0.29, 0.717) is 11.4 Å². The number of benzene rings is 2. The Kier molecular flexibility index (Phi) is 5.07. The number of halogens is 1. The van der Waals surface area contributed by atoms with E-state index in [4.69, 9.17) is 11.6 Å². The van der Waals surface area contributed by atoms with Gasteiger partial charge in [-0.25, -0.2) is 0 Å². The van der Waals surface area contributed by atoms with Gasteiger partial charge in [-0.15, -0.1) is 0 Å². The highest BCUT2D eigenvalue weighted by Gasteiger charge is 2.52. The molecule has 0 unspecified atom stereocenters. The van der Waals surface area contributed by atoms with Crippen molar-refractivity contribution in [3.8, 4) is 11.1 Å². The van der Waals surface area contributed by atoms with Gasteiger partial charge in [0.25, 0.3) is 0 Å². The maximum atomic E-state index is 13.3. The Bertz CT molecular complexity index is 865. The zero-order chi connectivity index (χ0) is 20.0. The fourth-order valence-electron chi connectivity index (χ4n) is 4.47. The summed E-state index contributed by atoms with van der Waals surface area (Å²) in [6.07, 6.45) is 1.38. The van der Waals surface area contributed by atoms with Crippen molar-refractivity contribution in [1.29, 1.82) is 0 Å². The molecule has 3 heteroatoms. The molecule has 27 heavy (non-hydrogen) atoms. The Hall–Kier alpha value is -1.93. The molecule has 1 aliphatic rings. The fourth-order valence-corrected chi connectivity index (χ4v) is 4.60. The second kappa shape index (κ2) is 6.91. The average Bonchev–Trinajstić information content (AvgIpc) is 2.60. The standard InChI is InChI=1S/C24H27ClO2/c1-6-15-7-8-17(16-9-11-18(25)12-10-16)13-19(15)20-21(26)23(2,3)14-24(4,5)22(20)27/h7-13,20H,6,14H2,1-5H3. The van der Waals surface area contributed by atoms with Crippen LogP contribution in [0.25, 0.3) is 11.1 Å². The van der Waals surface area contributed by atoms with Crippen LogP contribution in [0.5, 0.6) is 0 Å². The summed E-state index contributed by atoms with van der Waals surface area (Å²) in [5.74, 6) is -0.615. The second-order valence-electron chi connectivity index (χ2n) is 8.88. The van der Waals surface area contributed by atoms with Gasteiger partial charge >= 0.3 is 0 Å². The quantitative estimate of drug-likeness (QED) is 0.588. The van der Waals surface area contributed by atoms with E-state index < -0.39 is 16.7 Å². The van der Waals surface area contributed by atoms with Gasteiger partial charge in [-0.2, -0.15) is 0 Å². The molecule has 3 rings (SSSR count). The van der Waals surface area contributed by atoms with Crippen molar-refractivity contribution in [2.24, 2.45) is 10.8 Å². The van der Waals surface area contributed by atoms with Crippen molar-refractivity contribution in [3.63, 3.8) is 0 Å². The van der Waals surface area contributed by atoms with Gasteiger partial charge in [-0.3, -0.25) is 9.59 Å². The van der Waals surface area contributed by atoms with Gasteiger partial charge in [0.1, 0.15) is 5.92 Å². The van der Waals surface area contributed by atoms with Crippen molar-refractivity contribution in [2.45, 2.75) is 53.4 Å². The van der Waals surface area contributed by atoms with Crippen LogP contribution < -0.4 is 0 Å². The lowest BCUT2D eigenvalue weighted by molar-refractivity contribution is -0.146. The first-order valence-corrected chi connectivity index (χ1v) is 9.92. The Morgan fingerprint density at radius 2 is 1.41 bits per heavy atom. The lowest BCUT2D eigenvalue weighted by atomic mass is 9.58. The van der Waals surface area contributed by atoms with Crippen LogP contribution in [0.3, 0.4) is 0 Å². The van der Waals surface area contributed by atoms with Crippen molar-refractivity contribution < 1.29 is 9.59 Å². The molecule has 0 atom stereocenters. The van der Waals surface area contributed by atoms with E-state index in [1.165, 1.54) is 0 Å². The Morgan fingerprint density at radius 1 is 0.889 bits per heavy atom. The van der Waals surface area contributed by atoms with Crippen LogP contribution in [0.2, 0.25) is 5.02 Å².